The molecule has 0 saturated heterocycles. The van der Waals surface area contributed by atoms with Crippen molar-refractivity contribution in [2.45, 2.75) is 20.8 Å². The molecule has 0 heterocycles. The van der Waals surface area contributed by atoms with Gasteiger partial charge in [0.2, 0.25) is 0 Å². The minimum absolute atomic E-state index is 0.0383. The summed E-state index contributed by atoms with van der Waals surface area (Å²) in [4.78, 5) is 36.1. The number of Topliss-reactive ketones (excluding diaryl/α,β-unsaturated/α-hetero) is 3. The molecule has 7 rings (SSSR count). The smallest absolute Gasteiger partial charge is 0.159 e. The molecular formula is C48H36O3. The zero-order valence-corrected chi connectivity index (χ0v) is 28.8. The Balaban J connectivity index is 1.45. The lowest BCUT2D eigenvalue weighted by molar-refractivity contribution is 0.100. The molecule has 0 bridgehead atoms. The first kappa shape index (κ1) is 33.1. The molecule has 0 radical (unpaired) electrons. The summed E-state index contributed by atoms with van der Waals surface area (Å²) in [7, 11) is 0. The van der Waals surface area contributed by atoms with Crippen molar-refractivity contribution in [1.82, 2.24) is 0 Å². The van der Waals surface area contributed by atoms with Crippen molar-refractivity contribution in [1.29, 1.82) is 0 Å². The lowest BCUT2D eigenvalue weighted by atomic mass is 9.86. The average Bonchev–Trinajstić information content (AvgIpc) is 3.18. The molecule has 0 aliphatic rings. The molecule has 3 heteroatoms. The number of carbonyl (C=O) groups is 3. The van der Waals surface area contributed by atoms with Gasteiger partial charge in [-0.15, -0.1) is 0 Å². The fourth-order valence-corrected chi connectivity index (χ4v) is 6.71. The number of hydrogen-bond acceptors (Lipinski definition) is 3. The van der Waals surface area contributed by atoms with Crippen molar-refractivity contribution in [3.63, 3.8) is 0 Å². The molecule has 0 fully saturated rings. The van der Waals surface area contributed by atoms with Crippen LogP contribution in [0.25, 0.3) is 66.8 Å². The van der Waals surface area contributed by atoms with Gasteiger partial charge in [-0.25, -0.2) is 0 Å². The van der Waals surface area contributed by atoms with E-state index in [1.807, 2.05) is 91.0 Å². The van der Waals surface area contributed by atoms with Crippen molar-refractivity contribution in [2.24, 2.45) is 0 Å². The summed E-state index contributed by atoms with van der Waals surface area (Å²) < 4.78 is 0. The predicted molar refractivity (Wildman–Crippen MR) is 209 cm³/mol. The molecule has 0 unspecified atom stereocenters. The Labute approximate surface area is 298 Å². The van der Waals surface area contributed by atoms with E-state index in [0.717, 1.165) is 66.8 Å². The summed E-state index contributed by atoms with van der Waals surface area (Å²) in [5, 5.41) is 0. The van der Waals surface area contributed by atoms with E-state index >= 15 is 0 Å². The molecule has 0 aromatic heterocycles. The average molecular weight is 661 g/mol. The van der Waals surface area contributed by atoms with E-state index in [-0.39, 0.29) is 17.3 Å². The minimum Gasteiger partial charge on any atom is -0.295 e. The van der Waals surface area contributed by atoms with E-state index < -0.39 is 0 Å². The molecule has 0 aliphatic carbocycles. The largest absolute Gasteiger partial charge is 0.295 e. The third-order valence-corrected chi connectivity index (χ3v) is 9.45. The summed E-state index contributed by atoms with van der Waals surface area (Å²) in [6.07, 6.45) is 0. The number of ketones is 3. The number of carbonyl (C=O) groups excluding carboxylic acids is 3. The molecular weight excluding hydrogens is 625 g/mol. The van der Waals surface area contributed by atoms with E-state index in [0.29, 0.717) is 16.7 Å². The highest BCUT2D eigenvalue weighted by molar-refractivity contribution is 5.98. The normalized spacial score (nSPS) is 10.9. The van der Waals surface area contributed by atoms with Crippen LogP contribution < -0.4 is 0 Å². The van der Waals surface area contributed by atoms with Crippen molar-refractivity contribution < 1.29 is 14.4 Å². The zero-order valence-electron chi connectivity index (χ0n) is 28.8. The second-order valence-corrected chi connectivity index (χ2v) is 12.8. The highest BCUT2D eigenvalue weighted by atomic mass is 16.1. The molecule has 51 heavy (non-hydrogen) atoms. The van der Waals surface area contributed by atoms with Crippen LogP contribution in [0.1, 0.15) is 51.8 Å². The van der Waals surface area contributed by atoms with Crippen LogP contribution in [-0.4, -0.2) is 17.3 Å². The van der Waals surface area contributed by atoms with Gasteiger partial charge in [0.05, 0.1) is 0 Å². The Bertz CT molecular complexity index is 2130. The third-order valence-electron chi connectivity index (χ3n) is 9.45. The predicted octanol–water partition coefficient (Wildman–Crippen LogP) is 12.3. The Hall–Kier alpha value is -6.45. The minimum atomic E-state index is 0.0383. The number of hydrogen-bond donors (Lipinski definition) is 0. The highest BCUT2D eigenvalue weighted by Gasteiger charge is 2.16. The maximum absolute atomic E-state index is 12.0. The molecule has 0 amide bonds. The van der Waals surface area contributed by atoms with Gasteiger partial charge in [-0.05, 0) is 106 Å². The van der Waals surface area contributed by atoms with Crippen LogP contribution in [0.3, 0.4) is 0 Å². The van der Waals surface area contributed by atoms with Gasteiger partial charge in [-0.2, -0.15) is 0 Å². The Morgan fingerprint density at radius 2 is 0.471 bits per heavy atom. The van der Waals surface area contributed by atoms with Crippen molar-refractivity contribution in [3.05, 3.63) is 180 Å². The van der Waals surface area contributed by atoms with Crippen LogP contribution in [0.2, 0.25) is 0 Å². The van der Waals surface area contributed by atoms with Gasteiger partial charge < -0.3 is 0 Å². The van der Waals surface area contributed by atoms with Crippen LogP contribution in [0, 0.1) is 0 Å². The maximum atomic E-state index is 12.0. The fourth-order valence-electron chi connectivity index (χ4n) is 6.71. The van der Waals surface area contributed by atoms with Gasteiger partial charge in [0.25, 0.3) is 0 Å². The zero-order chi connectivity index (χ0) is 35.5. The van der Waals surface area contributed by atoms with E-state index in [1.54, 1.807) is 20.8 Å². The second-order valence-electron chi connectivity index (χ2n) is 12.8. The maximum Gasteiger partial charge on any atom is 0.159 e. The fraction of sp³-hybridized carbons (Fsp3) is 0.0625. The van der Waals surface area contributed by atoms with Crippen LogP contribution in [0.15, 0.2) is 164 Å². The Morgan fingerprint density at radius 3 is 0.667 bits per heavy atom. The Kier molecular flexibility index (Phi) is 9.20. The van der Waals surface area contributed by atoms with Crippen molar-refractivity contribution in [2.75, 3.05) is 0 Å². The van der Waals surface area contributed by atoms with Gasteiger partial charge in [0.1, 0.15) is 0 Å². The van der Waals surface area contributed by atoms with Gasteiger partial charge in [-0.3, -0.25) is 14.4 Å². The molecule has 246 valence electrons. The first-order chi connectivity index (χ1) is 24.8. The number of rotatable bonds is 9. The third kappa shape index (κ3) is 6.88. The van der Waals surface area contributed by atoms with Gasteiger partial charge in [0.15, 0.2) is 17.3 Å². The standard InChI is InChI=1S/C48H36O3/c1-31(49)34-16-22-37(23-17-34)43-10-4-7-13-46(43)40-28-41(47-14-8-5-11-44(47)38-24-18-35(19-25-38)32(2)50)30-42(29-40)48-15-9-6-12-45(48)39-26-20-36(21-27-39)33(3)51/h4-30H,1-3H3. The van der Waals surface area contributed by atoms with Crippen LogP contribution in [0.4, 0.5) is 0 Å². The van der Waals surface area contributed by atoms with E-state index in [9.17, 15) is 14.4 Å². The van der Waals surface area contributed by atoms with Gasteiger partial charge >= 0.3 is 0 Å². The Morgan fingerprint density at radius 1 is 0.275 bits per heavy atom. The van der Waals surface area contributed by atoms with E-state index in [1.165, 1.54) is 0 Å². The van der Waals surface area contributed by atoms with Gasteiger partial charge in [-0.1, -0.05) is 146 Å². The van der Waals surface area contributed by atoms with Gasteiger partial charge in [0, 0.05) is 16.7 Å². The van der Waals surface area contributed by atoms with Crippen molar-refractivity contribution in [3.8, 4) is 66.8 Å². The first-order valence-corrected chi connectivity index (χ1v) is 17.0. The summed E-state index contributed by atoms with van der Waals surface area (Å²) >= 11 is 0. The molecule has 0 saturated carbocycles. The molecule has 0 N–H and O–H groups in total. The summed E-state index contributed by atoms with van der Waals surface area (Å²) in [5.41, 5.74) is 14.7. The molecule has 0 aliphatic heterocycles. The lowest BCUT2D eigenvalue weighted by Gasteiger charge is -2.18. The van der Waals surface area contributed by atoms with E-state index in [2.05, 4.69) is 72.8 Å². The SMILES string of the molecule is CC(=O)c1ccc(-c2ccccc2-c2cc(-c3ccccc3-c3ccc(C(C)=O)cc3)cc(-c3ccccc3-c3ccc(C(C)=O)cc3)c2)cc1. The summed E-state index contributed by atoms with van der Waals surface area (Å²) in [6.45, 7) is 4.75. The molecule has 0 atom stereocenters. The summed E-state index contributed by atoms with van der Waals surface area (Å²) in [6, 6.07) is 55.3. The van der Waals surface area contributed by atoms with Crippen LogP contribution in [0.5, 0.6) is 0 Å². The van der Waals surface area contributed by atoms with Crippen molar-refractivity contribution >= 4 is 17.3 Å². The highest BCUT2D eigenvalue weighted by Crippen LogP contribution is 2.42. The molecule has 7 aromatic rings. The molecule has 0 spiro atoms. The monoisotopic (exact) mass is 660 g/mol. The topological polar surface area (TPSA) is 51.2 Å². The molecule has 3 nitrogen and oxygen atoms in total. The molecule has 7 aromatic carbocycles. The lowest BCUT2D eigenvalue weighted by Crippen LogP contribution is -1.94. The first-order valence-electron chi connectivity index (χ1n) is 17.0. The van der Waals surface area contributed by atoms with Crippen LogP contribution in [-0.2, 0) is 0 Å². The van der Waals surface area contributed by atoms with E-state index in [4.69, 9.17) is 0 Å². The second kappa shape index (κ2) is 14.2. The number of benzene rings is 7. The quantitative estimate of drug-likeness (QED) is 0.145. The summed E-state index contributed by atoms with van der Waals surface area (Å²) in [5.74, 6) is 0.115. The van der Waals surface area contributed by atoms with Crippen LogP contribution >= 0.6 is 0 Å².